The maximum absolute atomic E-state index is 9.04. The van der Waals surface area contributed by atoms with Gasteiger partial charge in [0.15, 0.2) is 5.82 Å². The molecule has 2 rings (SSSR count). The molecule has 0 radical (unpaired) electrons. The van der Waals surface area contributed by atoms with E-state index in [0.29, 0.717) is 11.4 Å². The number of methoxy groups -OCH3 is 1. The zero-order valence-electron chi connectivity index (χ0n) is 9.40. The first-order valence-electron chi connectivity index (χ1n) is 4.88. The van der Waals surface area contributed by atoms with Crippen molar-refractivity contribution in [1.82, 2.24) is 20.2 Å². The van der Waals surface area contributed by atoms with Crippen molar-refractivity contribution < 1.29 is 9.94 Å². The van der Waals surface area contributed by atoms with Crippen LogP contribution in [-0.4, -0.2) is 38.4 Å². The van der Waals surface area contributed by atoms with Crippen molar-refractivity contribution in [2.75, 3.05) is 7.11 Å². The first-order valence-corrected chi connectivity index (χ1v) is 4.88. The number of oxime groups is 1. The summed E-state index contributed by atoms with van der Waals surface area (Å²) in [6.07, 6.45) is 0. The second-order valence-electron chi connectivity index (χ2n) is 3.29. The topological polar surface area (TPSA) is 85.4 Å². The molecule has 0 fully saturated rings. The van der Waals surface area contributed by atoms with Crippen LogP contribution in [-0.2, 0) is 0 Å². The van der Waals surface area contributed by atoms with Crippen molar-refractivity contribution in [3.63, 3.8) is 0 Å². The van der Waals surface area contributed by atoms with Crippen LogP contribution in [0.1, 0.15) is 11.4 Å². The third kappa shape index (κ3) is 2.07. The van der Waals surface area contributed by atoms with E-state index in [2.05, 4.69) is 20.7 Å². The van der Waals surface area contributed by atoms with Gasteiger partial charge in [-0.15, -0.1) is 5.10 Å². The van der Waals surface area contributed by atoms with E-state index < -0.39 is 0 Å². The Morgan fingerprint density at radius 2 is 2.06 bits per heavy atom. The Kier molecular flexibility index (Phi) is 2.99. The fourth-order valence-corrected chi connectivity index (χ4v) is 1.39. The molecule has 0 atom stereocenters. The quantitative estimate of drug-likeness (QED) is 0.356. The van der Waals surface area contributed by atoms with E-state index in [4.69, 9.17) is 9.94 Å². The van der Waals surface area contributed by atoms with Gasteiger partial charge >= 0.3 is 0 Å². The summed E-state index contributed by atoms with van der Waals surface area (Å²) in [6.45, 7) is 1.72. The normalized spacial score (nSPS) is 11.5. The number of rotatable bonds is 2. The molecule has 0 aliphatic rings. The molecular formula is C10H11N5O2. The van der Waals surface area contributed by atoms with Crippen LogP contribution in [0.25, 0.3) is 0 Å². The standard InChI is InChI=1S/C10H11N5O2/c1-7-11-13-14-15(7)10(12-16)8-3-5-9(17-2)6-4-8/h3-6,16H,1-2H3. The second kappa shape index (κ2) is 4.60. The van der Waals surface area contributed by atoms with Gasteiger partial charge in [-0.2, -0.15) is 4.68 Å². The lowest BCUT2D eigenvalue weighted by Gasteiger charge is -2.05. The number of tetrazole rings is 1. The summed E-state index contributed by atoms with van der Waals surface area (Å²) in [5.41, 5.74) is 0.684. The van der Waals surface area contributed by atoms with E-state index in [1.165, 1.54) is 4.68 Å². The molecule has 88 valence electrons. The van der Waals surface area contributed by atoms with Gasteiger partial charge in [0.25, 0.3) is 0 Å². The van der Waals surface area contributed by atoms with Gasteiger partial charge in [0.1, 0.15) is 5.75 Å². The molecule has 0 aliphatic heterocycles. The maximum Gasteiger partial charge on any atom is 0.203 e. The molecular weight excluding hydrogens is 222 g/mol. The molecule has 0 saturated carbocycles. The number of hydrogen-bond acceptors (Lipinski definition) is 6. The summed E-state index contributed by atoms with van der Waals surface area (Å²) < 4.78 is 6.40. The Morgan fingerprint density at radius 1 is 1.35 bits per heavy atom. The van der Waals surface area contributed by atoms with E-state index in [-0.39, 0.29) is 5.84 Å². The Hall–Kier alpha value is -2.44. The van der Waals surface area contributed by atoms with Gasteiger partial charge in [-0.05, 0) is 41.6 Å². The van der Waals surface area contributed by atoms with Crippen LogP contribution < -0.4 is 4.74 Å². The molecule has 0 aliphatic carbocycles. The number of nitrogens with zero attached hydrogens (tertiary/aromatic N) is 5. The van der Waals surface area contributed by atoms with Gasteiger partial charge in [-0.1, -0.05) is 5.16 Å². The highest BCUT2D eigenvalue weighted by Crippen LogP contribution is 2.12. The maximum atomic E-state index is 9.04. The molecule has 1 heterocycles. The lowest BCUT2D eigenvalue weighted by molar-refractivity contribution is 0.316. The van der Waals surface area contributed by atoms with Crippen molar-refractivity contribution in [3.8, 4) is 5.75 Å². The molecule has 0 spiro atoms. The van der Waals surface area contributed by atoms with Gasteiger partial charge in [-0.25, -0.2) is 0 Å². The minimum absolute atomic E-state index is 0.259. The summed E-state index contributed by atoms with van der Waals surface area (Å²) >= 11 is 0. The van der Waals surface area contributed by atoms with E-state index in [0.717, 1.165) is 5.75 Å². The fraction of sp³-hybridized carbons (Fsp3) is 0.200. The van der Waals surface area contributed by atoms with Crippen molar-refractivity contribution in [3.05, 3.63) is 35.7 Å². The van der Waals surface area contributed by atoms with Gasteiger partial charge in [0.2, 0.25) is 5.84 Å². The first kappa shape index (κ1) is 11.1. The summed E-state index contributed by atoms with van der Waals surface area (Å²) in [6, 6.07) is 7.05. The smallest absolute Gasteiger partial charge is 0.203 e. The van der Waals surface area contributed by atoms with Crippen LogP contribution in [0.2, 0.25) is 0 Å². The molecule has 0 amide bonds. The van der Waals surface area contributed by atoms with E-state index in [9.17, 15) is 0 Å². The fourth-order valence-electron chi connectivity index (χ4n) is 1.39. The van der Waals surface area contributed by atoms with Crippen LogP contribution in [0.3, 0.4) is 0 Å². The minimum Gasteiger partial charge on any atom is -0.497 e. The highest BCUT2D eigenvalue weighted by atomic mass is 16.5. The SMILES string of the molecule is COc1ccc(C(=NO)n2nnnc2C)cc1. The van der Waals surface area contributed by atoms with Crippen molar-refractivity contribution in [1.29, 1.82) is 0 Å². The zero-order valence-corrected chi connectivity index (χ0v) is 9.40. The van der Waals surface area contributed by atoms with Gasteiger partial charge < -0.3 is 9.94 Å². The van der Waals surface area contributed by atoms with Gasteiger partial charge in [0, 0.05) is 5.56 Å². The Morgan fingerprint density at radius 3 is 2.53 bits per heavy atom. The molecule has 1 aromatic carbocycles. The number of aromatic nitrogens is 4. The highest BCUT2D eigenvalue weighted by molar-refractivity contribution is 5.99. The second-order valence-corrected chi connectivity index (χ2v) is 3.29. The average Bonchev–Trinajstić information content (AvgIpc) is 2.78. The molecule has 17 heavy (non-hydrogen) atoms. The predicted molar refractivity (Wildman–Crippen MR) is 59.3 cm³/mol. The van der Waals surface area contributed by atoms with E-state index in [1.54, 1.807) is 38.3 Å². The average molecular weight is 233 g/mol. The van der Waals surface area contributed by atoms with E-state index >= 15 is 0 Å². The minimum atomic E-state index is 0.259. The predicted octanol–water partition coefficient (Wildman–Crippen LogP) is 0.674. The Labute approximate surface area is 97.3 Å². The zero-order chi connectivity index (χ0) is 12.3. The number of benzene rings is 1. The number of hydrogen-bond donors (Lipinski definition) is 1. The first-order chi connectivity index (χ1) is 8.26. The number of ether oxygens (including phenoxy) is 1. The van der Waals surface area contributed by atoms with Crippen LogP contribution in [0.15, 0.2) is 29.4 Å². The summed E-state index contributed by atoms with van der Waals surface area (Å²) in [4.78, 5) is 0. The monoisotopic (exact) mass is 233 g/mol. The molecule has 2 aromatic rings. The van der Waals surface area contributed by atoms with Crippen molar-refractivity contribution in [2.45, 2.75) is 6.92 Å². The third-order valence-corrected chi connectivity index (χ3v) is 2.27. The molecule has 7 nitrogen and oxygen atoms in total. The summed E-state index contributed by atoms with van der Waals surface area (Å²) in [7, 11) is 1.58. The van der Waals surface area contributed by atoms with Crippen molar-refractivity contribution in [2.24, 2.45) is 5.16 Å². The molecule has 0 unspecified atom stereocenters. The van der Waals surface area contributed by atoms with E-state index in [1.807, 2.05) is 0 Å². The summed E-state index contributed by atoms with van der Waals surface area (Å²) in [5, 5.41) is 23.2. The summed E-state index contributed by atoms with van der Waals surface area (Å²) in [5.74, 6) is 1.52. The molecule has 1 aromatic heterocycles. The van der Waals surface area contributed by atoms with Gasteiger partial charge in [0.05, 0.1) is 7.11 Å². The molecule has 0 bridgehead atoms. The molecule has 0 saturated heterocycles. The largest absolute Gasteiger partial charge is 0.497 e. The highest BCUT2D eigenvalue weighted by Gasteiger charge is 2.11. The van der Waals surface area contributed by atoms with Gasteiger partial charge in [-0.3, -0.25) is 0 Å². The van der Waals surface area contributed by atoms with Crippen LogP contribution in [0, 0.1) is 6.92 Å². The molecule has 1 N–H and O–H groups in total. The van der Waals surface area contributed by atoms with Crippen LogP contribution >= 0.6 is 0 Å². The number of aryl methyl sites for hydroxylation is 1. The lowest BCUT2D eigenvalue weighted by Crippen LogP contribution is -2.17. The van der Waals surface area contributed by atoms with Crippen molar-refractivity contribution >= 4 is 5.84 Å². The Balaban J connectivity index is 2.40. The lowest BCUT2D eigenvalue weighted by atomic mass is 10.2. The van der Waals surface area contributed by atoms with Crippen LogP contribution in [0.4, 0.5) is 0 Å². The molecule has 7 heteroatoms. The van der Waals surface area contributed by atoms with Crippen LogP contribution in [0.5, 0.6) is 5.75 Å². The third-order valence-electron chi connectivity index (χ3n) is 2.27. The Bertz CT molecular complexity index is 532.